The van der Waals surface area contributed by atoms with E-state index in [1.54, 1.807) is 20.8 Å². The summed E-state index contributed by atoms with van der Waals surface area (Å²) < 4.78 is 5.10. The zero-order chi connectivity index (χ0) is 13.3. The average molecular weight is 252 g/mol. The first-order valence-electron chi connectivity index (χ1n) is 5.68. The summed E-state index contributed by atoms with van der Waals surface area (Å²) >= 11 is 0. The van der Waals surface area contributed by atoms with Gasteiger partial charge in [-0.25, -0.2) is 9.78 Å². The van der Waals surface area contributed by atoms with E-state index in [1.165, 1.54) is 6.33 Å². The van der Waals surface area contributed by atoms with Crippen LogP contribution in [-0.4, -0.2) is 33.6 Å². The summed E-state index contributed by atoms with van der Waals surface area (Å²) in [5, 5.41) is 5.14. The van der Waals surface area contributed by atoms with Gasteiger partial charge < -0.3 is 20.4 Å². The molecule has 18 heavy (non-hydrogen) atoms. The van der Waals surface area contributed by atoms with Gasteiger partial charge in [-0.1, -0.05) is 0 Å². The molecule has 0 spiro atoms. The molecule has 98 valence electrons. The lowest BCUT2D eigenvalue weighted by atomic mass is 10.1. The molecule has 2 rings (SSSR count). The van der Waals surface area contributed by atoms with Crippen LogP contribution >= 0.6 is 0 Å². The van der Waals surface area contributed by atoms with Gasteiger partial charge in [-0.2, -0.15) is 0 Å². The molecule has 0 fully saturated rings. The summed E-state index contributed by atoms with van der Waals surface area (Å²) in [6.45, 7) is 5.29. The number of carbonyl (C=O) groups excluding carboxylic acids is 2. The van der Waals surface area contributed by atoms with E-state index in [2.05, 4.69) is 20.6 Å². The number of hydrogen-bond donors (Lipinski definition) is 3. The number of H-pyrrole nitrogens is 1. The van der Waals surface area contributed by atoms with E-state index in [9.17, 15) is 9.59 Å². The predicted octanol–water partition coefficient (Wildman–Crippen LogP) is 0.798. The monoisotopic (exact) mass is 252 g/mol. The van der Waals surface area contributed by atoms with E-state index >= 15 is 0 Å². The molecule has 0 saturated heterocycles. The van der Waals surface area contributed by atoms with Crippen LogP contribution in [0.3, 0.4) is 0 Å². The molecular weight excluding hydrogens is 236 g/mol. The van der Waals surface area contributed by atoms with E-state index in [-0.39, 0.29) is 5.91 Å². The fraction of sp³-hybridized carbons (Fsp3) is 0.545. The van der Waals surface area contributed by atoms with Gasteiger partial charge in [-0.05, 0) is 20.8 Å². The molecule has 0 saturated carbocycles. The normalized spacial score (nSPS) is 18.8. The number of alkyl carbamates (subject to hydrolysis) is 1. The lowest BCUT2D eigenvalue weighted by Crippen LogP contribution is -2.49. The van der Waals surface area contributed by atoms with Crippen LogP contribution in [0.1, 0.15) is 26.5 Å². The molecule has 0 aliphatic carbocycles. The van der Waals surface area contributed by atoms with Gasteiger partial charge in [0.25, 0.3) is 0 Å². The van der Waals surface area contributed by atoms with E-state index in [1.807, 2.05) is 0 Å². The summed E-state index contributed by atoms with van der Waals surface area (Å²) in [5.74, 6) is 0.225. The van der Waals surface area contributed by atoms with Crippen LogP contribution in [0.4, 0.5) is 10.6 Å². The molecule has 0 radical (unpaired) electrons. The number of carbonyl (C=O) groups is 2. The maximum Gasteiger partial charge on any atom is 0.408 e. The number of fused-ring (bicyclic) bond motifs is 1. The summed E-state index contributed by atoms with van der Waals surface area (Å²) in [6, 6.07) is -0.646. The standard InChI is InChI=1S/C11H16N4O3/c1-11(2,3)18-10(17)14-7-4-6-8(13-5-12-6)15-9(7)16/h5,7H,4H2,1-3H3,(H,12,13)(H,14,17)(H,15,16). The second-order valence-electron chi connectivity index (χ2n) is 5.12. The second-order valence-corrected chi connectivity index (χ2v) is 5.12. The number of aromatic amines is 1. The number of hydrogen-bond acceptors (Lipinski definition) is 4. The summed E-state index contributed by atoms with van der Waals surface area (Å²) in [5.41, 5.74) is 0.199. The Bertz CT molecular complexity index is 475. The van der Waals surface area contributed by atoms with Crippen LogP contribution < -0.4 is 10.6 Å². The Morgan fingerprint density at radius 3 is 2.94 bits per heavy atom. The molecule has 2 heterocycles. The van der Waals surface area contributed by atoms with Crippen LogP contribution in [-0.2, 0) is 16.0 Å². The summed E-state index contributed by atoms with van der Waals surface area (Å²) in [7, 11) is 0. The quantitative estimate of drug-likeness (QED) is 0.688. The maximum absolute atomic E-state index is 11.7. The zero-order valence-electron chi connectivity index (χ0n) is 10.5. The Balaban J connectivity index is 1.99. The Morgan fingerprint density at radius 2 is 2.28 bits per heavy atom. The summed E-state index contributed by atoms with van der Waals surface area (Å²) in [6.07, 6.45) is 1.27. The lowest BCUT2D eigenvalue weighted by Gasteiger charge is -2.25. The van der Waals surface area contributed by atoms with Crippen LogP contribution in [0.5, 0.6) is 0 Å². The zero-order valence-corrected chi connectivity index (χ0v) is 10.5. The molecule has 1 aromatic rings. The molecule has 0 bridgehead atoms. The minimum absolute atomic E-state index is 0.291. The minimum Gasteiger partial charge on any atom is -0.444 e. The number of aromatic nitrogens is 2. The van der Waals surface area contributed by atoms with E-state index in [4.69, 9.17) is 4.74 Å². The molecule has 1 atom stereocenters. The Morgan fingerprint density at radius 1 is 1.56 bits per heavy atom. The smallest absolute Gasteiger partial charge is 0.408 e. The topological polar surface area (TPSA) is 96.1 Å². The highest BCUT2D eigenvalue weighted by molar-refractivity contribution is 5.98. The first kappa shape index (κ1) is 12.4. The number of amides is 2. The van der Waals surface area contributed by atoms with Gasteiger partial charge in [0.2, 0.25) is 5.91 Å². The van der Waals surface area contributed by atoms with Gasteiger partial charge in [0.15, 0.2) is 5.82 Å². The average Bonchev–Trinajstić information content (AvgIpc) is 2.62. The van der Waals surface area contributed by atoms with Crippen molar-refractivity contribution < 1.29 is 14.3 Å². The van der Waals surface area contributed by atoms with Crippen molar-refractivity contribution in [1.82, 2.24) is 15.3 Å². The van der Waals surface area contributed by atoms with Crippen LogP contribution in [0.25, 0.3) is 0 Å². The van der Waals surface area contributed by atoms with Gasteiger partial charge in [-0.3, -0.25) is 4.79 Å². The third kappa shape index (κ3) is 2.79. The van der Waals surface area contributed by atoms with Crippen LogP contribution in [0.15, 0.2) is 6.33 Å². The molecule has 1 aliphatic rings. The molecule has 7 nitrogen and oxygen atoms in total. The number of nitrogens with one attached hydrogen (secondary N) is 3. The number of anilines is 1. The van der Waals surface area contributed by atoms with Crippen molar-refractivity contribution in [2.45, 2.75) is 38.8 Å². The fourth-order valence-corrected chi connectivity index (χ4v) is 1.65. The Labute approximate surface area is 104 Å². The number of nitrogens with zero attached hydrogens (tertiary/aromatic N) is 1. The highest BCUT2D eigenvalue weighted by Gasteiger charge is 2.30. The number of imidazole rings is 1. The number of ether oxygens (including phenoxy) is 1. The van der Waals surface area contributed by atoms with E-state index < -0.39 is 17.7 Å². The fourth-order valence-electron chi connectivity index (χ4n) is 1.65. The van der Waals surface area contributed by atoms with E-state index in [0.29, 0.717) is 12.2 Å². The second kappa shape index (κ2) is 4.32. The van der Waals surface area contributed by atoms with Crippen LogP contribution in [0.2, 0.25) is 0 Å². The van der Waals surface area contributed by atoms with Gasteiger partial charge >= 0.3 is 6.09 Å². The maximum atomic E-state index is 11.7. The largest absolute Gasteiger partial charge is 0.444 e. The van der Waals surface area contributed by atoms with Crippen molar-refractivity contribution >= 4 is 17.8 Å². The molecule has 1 aromatic heterocycles. The predicted molar refractivity (Wildman–Crippen MR) is 64.1 cm³/mol. The molecule has 1 unspecified atom stereocenters. The van der Waals surface area contributed by atoms with Crippen molar-refractivity contribution in [3.8, 4) is 0 Å². The minimum atomic E-state index is -0.646. The third-order valence-corrected chi connectivity index (χ3v) is 2.38. The first-order valence-corrected chi connectivity index (χ1v) is 5.68. The van der Waals surface area contributed by atoms with Gasteiger partial charge in [0.1, 0.15) is 11.6 Å². The molecule has 1 aliphatic heterocycles. The van der Waals surface area contributed by atoms with Gasteiger partial charge in [0, 0.05) is 6.42 Å². The molecule has 0 aromatic carbocycles. The Hall–Kier alpha value is -2.05. The van der Waals surface area contributed by atoms with Crippen molar-refractivity contribution in [1.29, 1.82) is 0 Å². The number of rotatable bonds is 1. The van der Waals surface area contributed by atoms with Crippen molar-refractivity contribution in [2.24, 2.45) is 0 Å². The highest BCUT2D eigenvalue weighted by Crippen LogP contribution is 2.18. The van der Waals surface area contributed by atoms with Crippen molar-refractivity contribution in [3.05, 3.63) is 12.0 Å². The molecular formula is C11H16N4O3. The first-order chi connectivity index (χ1) is 8.35. The van der Waals surface area contributed by atoms with E-state index in [0.717, 1.165) is 5.69 Å². The highest BCUT2D eigenvalue weighted by atomic mass is 16.6. The third-order valence-electron chi connectivity index (χ3n) is 2.38. The molecule has 3 N–H and O–H groups in total. The SMILES string of the molecule is CC(C)(C)OC(=O)NC1Cc2[nH]cnc2NC1=O. The van der Waals surface area contributed by atoms with Crippen LogP contribution in [0, 0.1) is 0 Å². The van der Waals surface area contributed by atoms with Crippen molar-refractivity contribution in [2.75, 3.05) is 5.32 Å². The molecule has 7 heteroatoms. The van der Waals surface area contributed by atoms with Gasteiger partial charge in [0.05, 0.1) is 12.0 Å². The Kier molecular flexibility index (Phi) is 2.98. The van der Waals surface area contributed by atoms with Gasteiger partial charge in [-0.15, -0.1) is 0 Å². The van der Waals surface area contributed by atoms with Crippen molar-refractivity contribution in [3.63, 3.8) is 0 Å². The molecule has 2 amide bonds. The lowest BCUT2D eigenvalue weighted by molar-refractivity contribution is -0.118. The summed E-state index contributed by atoms with van der Waals surface area (Å²) in [4.78, 5) is 30.2.